The highest BCUT2D eigenvalue weighted by atomic mass is 35.5. The molecule has 2 N–H and O–H groups in total. The Hall–Kier alpha value is -2.77. The van der Waals surface area contributed by atoms with Crippen LogP contribution in [-0.4, -0.2) is 17.0 Å². The maximum absolute atomic E-state index is 12.1. The average molecular weight is 377 g/mol. The molecule has 25 heavy (non-hydrogen) atoms. The Bertz CT molecular complexity index is 1020. The molecule has 0 saturated carbocycles. The molecule has 126 valence electrons. The number of nitrogens with zero attached hydrogens (tertiary/aromatic N) is 2. The molecule has 0 radical (unpaired) electrons. The van der Waals surface area contributed by atoms with E-state index in [0.717, 1.165) is 0 Å². The van der Waals surface area contributed by atoms with Crippen molar-refractivity contribution < 1.29 is 9.47 Å². The van der Waals surface area contributed by atoms with Gasteiger partial charge in [-0.3, -0.25) is 15.0 Å². The van der Waals surface area contributed by atoms with E-state index in [9.17, 15) is 4.79 Å². The maximum Gasteiger partial charge on any atom is 0.292 e. The Morgan fingerprint density at radius 2 is 1.64 bits per heavy atom. The van der Waals surface area contributed by atoms with Gasteiger partial charge in [0.15, 0.2) is 17.2 Å². The fraction of sp³-hybridized carbons (Fsp3) is 0.0625. The highest BCUT2D eigenvalue weighted by molar-refractivity contribution is 6.38. The number of benzene rings is 2. The minimum absolute atomic E-state index is 0.106. The zero-order valence-corrected chi connectivity index (χ0v) is 14.1. The molecule has 0 spiro atoms. The lowest BCUT2D eigenvalue weighted by atomic mass is 10.1. The van der Waals surface area contributed by atoms with Gasteiger partial charge >= 0.3 is 0 Å². The number of H-pyrrole nitrogens is 2. The van der Waals surface area contributed by atoms with Gasteiger partial charge < -0.3 is 9.47 Å². The number of rotatable bonds is 3. The molecule has 3 aromatic rings. The first-order valence-corrected chi connectivity index (χ1v) is 7.95. The molecule has 0 bridgehead atoms. The van der Waals surface area contributed by atoms with Crippen molar-refractivity contribution in [3.05, 3.63) is 56.8 Å². The van der Waals surface area contributed by atoms with Gasteiger partial charge in [0.25, 0.3) is 5.56 Å². The number of hydrogen-bond donors (Lipinski definition) is 2. The Balaban J connectivity index is 1.76. The number of nitrogens with one attached hydrogen (secondary N) is 2. The third-order valence-electron chi connectivity index (χ3n) is 3.60. The fourth-order valence-corrected chi connectivity index (χ4v) is 2.87. The first kappa shape index (κ1) is 15.7. The van der Waals surface area contributed by atoms with Crippen molar-refractivity contribution >= 4 is 34.6 Å². The van der Waals surface area contributed by atoms with Gasteiger partial charge in [-0.25, -0.2) is 0 Å². The number of ether oxygens (including phenoxy) is 2. The zero-order valence-electron chi connectivity index (χ0n) is 12.5. The molecule has 9 heteroatoms. The predicted octanol–water partition coefficient (Wildman–Crippen LogP) is 4.82. The van der Waals surface area contributed by atoms with Crippen molar-refractivity contribution in [2.24, 2.45) is 10.2 Å². The van der Waals surface area contributed by atoms with Crippen LogP contribution in [0.2, 0.25) is 10.0 Å². The standard InChI is InChI=1S/C16H10Cl2N4O3/c17-9-2-1-3-10(18)14(9)20-21-15-13(19-22-16(15)23)8-4-5-11-12(6-8)25-7-24-11/h1-6H,7H2,(H2,19,22,23). The lowest BCUT2D eigenvalue weighted by Crippen LogP contribution is -1.96. The second kappa shape index (κ2) is 6.27. The lowest BCUT2D eigenvalue weighted by molar-refractivity contribution is 0.174. The summed E-state index contributed by atoms with van der Waals surface area (Å²) in [6.45, 7) is 0.167. The number of fused-ring (bicyclic) bond motifs is 1. The zero-order chi connectivity index (χ0) is 17.4. The molecule has 1 aliphatic rings. The van der Waals surface area contributed by atoms with Gasteiger partial charge in [-0.15, -0.1) is 10.2 Å². The van der Waals surface area contributed by atoms with Crippen LogP contribution in [0.25, 0.3) is 11.3 Å². The smallest absolute Gasteiger partial charge is 0.292 e. The summed E-state index contributed by atoms with van der Waals surface area (Å²) in [4.78, 5) is 12.1. The third-order valence-corrected chi connectivity index (χ3v) is 4.21. The fourth-order valence-electron chi connectivity index (χ4n) is 2.39. The van der Waals surface area contributed by atoms with Crippen LogP contribution in [0.5, 0.6) is 11.5 Å². The molecule has 0 amide bonds. The van der Waals surface area contributed by atoms with E-state index >= 15 is 0 Å². The molecule has 4 rings (SSSR count). The minimum atomic E-state index is -0.417. The van der Waals surface area contributed by atoms with Gasteiger partial charge in [-0.1, -0.05) is 29.3 Å². The Labute approximate surface area is 151 Å². The van der Waals surface area contributed by atoms with Gasteiger partial charge in [0.1, 0.15) is 5.69 Å². The van der Waals surface area contributed by atoms with Gasteiger partial charge in [0, 0.05) is 5.56 Å². The number of aromatic nitrogens is 2. The van der Waals surface area contributed by atoms with Crippen LogP contribution in [-0.2, 0) is 0 Å². The molecule has 0 fully saturated rings. The summed E-state index contributed by atoms with van der Waals surface area (Å²) in [5.41, 5.74) is 1.15. The van der Waals surface area contributed by atoms with E-state index in [4.69, 9.17) is 32.7 Å². The Kier molecular flexibility index (Phi) is 3.95. The maximum atomic E-state index is 12.1. The van der Waals surface area contributed by atoms with Crippen LogP contribution < -0.4 is 15.0 Å². The van der Waals surface area contributed by atoms with E-state index in [1.165, 1.54) is 0 Å². The van der Waals surface area contributed by atoms with Crippen LogP contribution in [0.15, 0.2) is 51.4 Å². The summed E-state index contributed by atoms with van der Waals surface area (Å²) < 4.78 is 10.6. The third kappa shape index (κ3) is 2.88. The minimum Gasteiger partial charge on any atom is -0.454 e. The van der Waals surface area contributed by atoms with Gasteiger partial charge in [-0.05, 0) is 30.3 Å². The van der Waals surface area contributed by atoms with E-state index in [1.807, 2.05) is 0 Å². The highest BCUT2D eigenvalue weighted by Crippen LogP contribution is 2.38. The molecule has 0 unspecified atom stereocenters. The normalized spacial score (nSPS) is 12.9. The van der Waals surface area contributed by atoms with Crippen molar-refractivity contribution in [2.45, 2.75) is 0 Å². The quantitative estimate of drug-likeness (QED) is 0.641. The molecule has 2 aromatic carbocycles. The number of aromatic amines is 2. The second-order valence-electron chi connectivity index (χ2n) is 5.14. The van der Waals surface area contributed by atoms with Crippen LogP contribution in [0.4, 0.5) is 11.4 Å². The van der Waals surface area contributed by atoms with E-state index < -0.39 is 5.56 Å². The van der Waals surface area contributed by atoms with Gasteiger partial charge in [0.05, 0.1) is 15.7 Å². The van der Waals surface area contributed by atoms with Gasteiger partial charge in [0.2, 0.25) is 6.79 Å². The van der Waals surface area contributed by atoms with E-state index in [-0.39, 0.29) is 12.5 Å². The number of azo groups is 1. The van der Waals surface area contributed by atoms with E-state index in [1.54, 1.807) is 36.4 Å². The molecular weight excluding hydrogens is 367 g/mol. The van der Waals surface area contributed by atoms with Crippen molar-refractivity contribution in [1.82, 2.24) is 10.2 Å². The van der Waals surface area contributed by atoms with Crippen molar-refractivity contribution in [1.29, 1.82) is 0 Å². The van der Waals surface area contributed by atoms with Crippen molar-refractivity contribution in [3.63, 3.8) is 0 Å². The van der Waals surface area contributed by atoms with Crippen LogP contribution in [0, 0.1) is 0 Å². The Morgan fingerprint density at radius 1 is 0.920 bits per heavy atom. The lowest BCUT2D eigenvalue weighted by Gasteiger charge is -2.02. The molecule has 0 atom stereocenters. The summed E-state index contributed by atoms with van der Waals surface area (Å²) in [6, 6.07) is 10.3. The molecule has 0 aliphatic carbocycles. The SMILES string of the molecule is O=c1[nH][nH]c(-c2ccc3c(c2)OCO3)c1N=Nc1c(Cl)cccc1Cl. The van der Waals surface area contributed by atoms with Crippen LogP contribution >= 0.6 is 23.2 Å². The molecule has 7 nitrogen and oxygen atoms in total. The molecule has 1 aliphatic heterocycles. The van der Waals surface area contributed by atoms with E-state index in [2.05, 4.69) is 20.4 Å². The summed E-state index contributed by atoms with van der Waals surface area (Å²) in [5, 5.41) is 14.0. The molecule has 0 saturated heterocycles. The van der Waals surface area contributed by atoms with Gasteiger partial charge in [-0.2, -0.15) is 0 Å². The summed E-state index contributed by atoms with van der Waals surface area (Å²) >= 11 is 12.1. The Morgan fingerprint density at radius 3 is 2.44 bits per heavy atom. The summed E-state index contributed by atoms with van der Waals surface area (Å²) in [7, 11) is 0. The van der Waals surface area contributed by atoms with Crippen LogP contribution in [0.1, 0.15) is 0 Å². The highest BCUT2D eigenvalue weighted by Gasteiger charge is 2.18. The van der Waals surface area contributed by atoms with E-state index in [0.29, 0.717) is 38.5 Å². The molecule has 2 heterocycles. The molecule has 1 aromatic heterocycles. The number of halogens is 2. The number of hydrogen-bond acceptors (Lipinski definition) is 5. The molecular formula is C16H10Cl2N4O3. The summed E-state index contributed by atoms with van der Waals surface area (Å²) in [5.74, 6) is 1.24. The summed E-state index contributed by atoms with van der Waals surface area (Å²) in [6.07, 6.45) is 0. The second-order valence-corrected chi connectivity index (χ2v) is 5.96. The first-order valence-electron chi connectivity index (χ1n) is 7.20. The predicted molar refractivity (Wildman–Crippen MR) is 93.6 cm³/mol. The van der Waals surface area contributed by atoms with Crippen LogP contribution in [0.3, 0.4) is 0 Å². The monoisotopic (exact) mass is 376 g/mol. The van der Waals surface area contributed by atoms with Crippen molar-refractivity contribution in [3.8, 4) is 22.8 Å². The topological polar surface area (TPSA) is 91.8 Å². The largest absolute Gasteiger partial charge is 0.454 e. The average Bonchev–Trinajstić information content (AvgIpc) is 3.20. The first-order chi connectivity index (χ1) is 12.1. The van der Waals surface area contributed by atoms with Crippen molar-refractivity contribution in [2.75, 3.05) is 6.79 Å².